The van der Waals surface area contributed by atoms with E-state index in [2.05, 4.69) is 0 Å². The van der Waals surface area contributed by atoms with Gasteiger partial charge in [-0.1, -0.05) is 0 Å². The molecule has 0 heterocycles. The standard InChI is InChI=1S/3C6H4F.2C4H6O2.Sb/c3*7-6-4-2-1-3-5-6;2*5-4(6)3-1-2-3;/h3*2-5H;2*3H,1-2H2,(H,5,6);/q;;;;;+2/p-2. The minimum atomic E-state index is -6.12. The van der Waals surface area contributed by atoms with Crippen LogP contribution in [0.15, 0.2) is 72.8 Å². The van der Waals surface area contributed by atoms with Gasteiger partial charge in [0.1, 0.15) is 0 Å². The first-order valence-electron chi connectivity index (χ1n) is 11.1. The summed E-state index contributed by atoms with van der Waals surface area (Å²) in [4.78, 5) is 26.7. The van der Waals surface area contributed by atoms with E-state index < -0.39 is 47.6 Å². The van der Waals surface area contributed by atoms with Gasteiger partial charge in [0.15, 0.2) is 0 Å². The van der Waals surface area contributed by atoms with Crippen molar-refractivity contribution in [1.29, 1.82) is 0 Å². The van der Waals surface area contributed by atoms with Gasteiger partial charge in [-0.05, 0) is 0 Å². The van der Waals surface area contributed by atoms with Crippen LogP contribution in [0, 0.1) is 29.3 Å². The molecule has 3 aromatic carbocycles. The predicted molar refractivity (Wildman–Crippen MR) is 121 cm³/mol. The number of hydrogen-bond donors (Lipinski definition) is 0. The molecule has 0 bridgehead atoms. The Morgan fingerprint density at radius 1 is 0.559 bits per heavy atom. The van der Waals surface area contributed by atoms with Crippen LogP contribution in [-0.2, 0) is 15.6 Å². The number of benzene rings is 3. The zero-order valence-electron chi connectivity index (χ0n) is 18.1. The van der Waals surface area contributed by atoms with E-state index in [0.717, 1.165) is 0 Å². The van der Waals surface area contributed by atoms with Crippen LogP contribution in [0.4, 0.5) is 13.2 Å². The number of hydrogen-bond acceptors (Lipinski definition) is 4. The second kappa shape index (κ2) is 8.46. The Morgan fingerprint density at radius 2 is 0.824 bits per heavy atom. The first-order chi connectivity index (χ1) is 16.3. The van der Waals surface area contributed by atoms with Crippen LogP contribution in [0.2, 0.25) is 0 Å². The van der Waals surface area contributed by atoms with Crippen LogP contribution in [0.1, 0.15) is 25.7 Å². The Bertz CT molecular complexity index is 1090. The molecule has 176 valence electrons. The maximum absolute atomic E-state index is 14.0. The van der Waals surface area contributed by atoms with Gasteiger partial charge in [-0.15, -0.1) is 0 Å². The molecule has 3 aromatic rings. The molecule has 2 aliphatic carbocycles. The predicted octanol–water partition coefficient (Wildman–Crippen LogP) is 3.43. The third kappa shape index (κ3) is 3.90. The van der Waals surface area contributed by atoms with Gasteiger partial charge in [0.05, 0.1) is 0 Å². The van der Waals surface area contributed by atoms with E-state index in [4.69, 9.17) is 6.03 Å². The summed E-state index contributed by atoms with van der Waals surface area (Å²) < 4.78 is 55.9. The first-order valence-corrected chi connectivity index (χ1v) is 17.0. The summed E-state index contributed by atoms with van der Waals surface area (Å²) >= 11 is -6.12. The van der Waals surface area contributed by atoms with Crippen molar-refractivity contribution in [2.24, 2.45) is 11.8 Å². The second-order valence-corrected chi connectivity index (χ2v) is 19.7. The van der Waals surface area contributed by atoms with Crippen molar-refractivity contribution in [1.82, 2.24) is 0 Å². The summed E-state index contributed by atoms with van der Waals surface area (Å²) in [6.07, 6.45) is 2.54. The summed E-state index contributed by atoms with van der Waals surface area (Å²) in [5.41, 5.74) is 0. The Balaban J connectivity index is 1.89. The summed E-state index contributed by atoms with van der Waals surface area (Å²) in [7, 11) is 0. The molecule has 0 aromatic heterocycles. The van der Waals surface area contributed by atoms with Crippen LogP contribution in [0.25, 0.3) is 0 Å². The first kappa shape index (κ1) is 23.0. The van der Waals surface area contributed by atoms with Crippen molar-refractivity contribution >= 4 is 40.7 Å². The van der Waals surface area contributed by atoms with E-state index in [1.54, 1.807) is 0 Å². The van der Waals surface area contributed by atoms with Crippen molar-refractivity contribution in [2.75, 3.05) is 0 Å². The minimum absolute atomic E-state index is 0.315. The fourth-order valence-electron chi connectivity index (χ4n) is 4.05. The zero-order chi connectivity index (χ0) is 23.9. The molecule has 2 aliphatic rings. The van der Waals surface area contributed by atoms with Crippen LogP contribution < -0.4 is 10.5 Å². The summed E-state index contributed by atoms with van der Waals surface area (Å²) in [5, 5.41) is 0. The monoisotopic (exact) mass is 576 g/mol. The van der Waals surface area contributed by atoms with Gasteiger partial charge < -0.3 is 0 Å². The van der Waals surface area contributed by atoms with Gasteiger partial charge in [0.2, 0.25) is 0 Å². The van der Waals surface area contributed by atoms with Gasteiger partial charge in [-0.2, -0.15) is 0 Å². The molecule has 34 heavy (non-hydrogen) atoms. The van der Waals surface area contributed by atoms with Gasteiger partial charge in [0, 0.05) is 0 Å². The number of halogens is 3. The Kier molecular flexibility index (Phi) is 5.71. The topological polar surface area (TPSA) is 52.6 Å². The molecule has 0 aliphatic heterocycles. The average Bonchev–Trinajstić information content (AvgIpc) is 3.72. The Morgan fingerprint density at radius 3 is 1.06 bits per heavy atom. The Labute approximate surface area is 196 Å². The SMILES string of the molecule is O=C([O][Sb]([O]C(=O)C1CC1)([c]1ccc(F)cc1)([c]1ccc(F)cc1)[c]1ccc(F)cc1)C1CC1. The van der Waals surface area contributed by atoms with E-state index in [0.29, 0.717) is 36.2 Å². The third-order valence-electron chi connectivity index (χ3n) is 6.24. The van der Waals surface area contributed by atoms with Crippen molar-refractivity contribution in [2.45, 2.75) is 25.7 Å². The van der Waals surface area contributed by atoms with Crippen molar-refractivity contribution < 1.29 is 28.8 Å². The molecule has 0 spiro atoms. The molecule has 2 fully saturated rings. The molecule has 0 amide bonds. The molecule has 2 saturated carbocycles. The average molecular weight is 577 g/mol. The van der Waals surface area contributed by atoms with Crippen molar-refractivity contribution in [3.05, 3.63) is 90.2 Å². The summed E-state index contributed by atoms with van der Waals surface area (Å²) in [6, 6.07) is 15.8. The summed E-state index contributed by atoms with van der Waals surface area (Å²) in [5.74, 6) is -3.38. The molecule has 0 N–H and O–H groups in total. The van der Waals surface area contributed by atoms with E-state index in [1.165, 1.54) is 72.8 Å². The molecule has 0 atom stereocenters. The van der Waals surface area contributed by atoms with Gasteiger partial charge >= 0.3 is 197 Å². The molecular weight excluding hydrogens is 555 g/mol. The third-order valence-corrected chi connectivity index (χ3v) is 19.8. The molecule has 0 radical (unpaired) electrons. The van der Waals surface area contributed by atoms with E-state index in [9.17, 15) is 22.8 Å². The molecule has 5 rings (SSSR count). The van der Waals surface area contributed by atoms with Crippen LogP contribution in [-0.4, -0.2) is 30.2 Å². The van der Waals surface area contributed by atoms with Crippen molar-refractivity contribution in [3.8, 4) is 0 Å². The Hall–Kier alpha value is -2.79. The van der Waals surface area contributed by atoms with Crippen molar-refractivity contribution in [3.63, 3.8) is 0 Å². The summed E-state index contributed by atoms with van der Waals surface area (Å²) in [6.45, 7) is 0. The van der Waals surface area contributed by atoms with Gasteiger partial charge in [-0.25, -0.2) is 0 Å². The van der Waals surface area contributed by atoms with Crippen LogP contribution in [0.5, 0.6) is 0 Å². The molecule has 0 saturated heterocycles. The molecular formula is C26H22F3O4Sb. The molecule has 4 nitrogen and oxygen atoms in total. The maximum atomic E-state index is 14.0. The quantitative estimate of drug-likeness (QED) is 0.405. The fraction of sp³-hybridized carbons (Fsp3) is 0.231. The van der Waals surface area contributed by atoms with Crippen LogP contribution >= 0.6 is 0 Å². The van der Waals surface area contributed by atoms with Gasteiger partial charge in [0.25, 0.3) is 0 Å². The molecule has 8 heteroatoms. The number of carbonyl (C=O) groups is 2. The van der Waals surface area contributed by atoms with E-state index >= 15 is 0 Å². The molecule has 0 unspecified atom stereocenters. The number of carbonyl (C=O) groups excluding carboxylic acids is 2. The fourth-order valence-corrected chi connectivity index (χ4v) is 17.2. The van der Waals surface area contributed by atoms with Gasteiger partial charge in [-0.3, -0.25) is 0 Å². The van der Waals surface area contributed by atoms with Crippen LogP contribution in [0.3, 0.4) is 0 Å². The van der Waals surface area contributed by atoms with E-state index in [-0.39, 0.29) is 11.8 Å². The zero-order valence-corrected chi connectivity index (χ0v) is 20.7. The number of rotatable bonds is 7. The second-order valence-electron chi connectivity index (χ2n) is 8.76. The van der Waals surface area contributed by atoms with E-state index in [1.807, 2.05) is 0 Å². The normalized spacial score (nSPS) is 16.9.